The molecule has 1 aliphatic carbocycles. The van der Waals surface area contributed by atoms with Gasteiger partial charge in [0.2, 0.25) is 0 Å². The Morgan fingerprint density at radius 2 is 2.11 bits per heavy atom. The zero-order valence-electron chi connectivity index (χ0n) is 11.9. The highest BCUT2D eigenvalue weighted by atomic mass is 16.5. The molecule has 0 radical (unpaired) electrons. The Morgan fingerprint density at radius 3 is 2.95 bits per heavy atom. The fourth-order valence-corrected chi connectivity index (χ4v) is 3.70. The van der Waals surface area contributed by atoms with E-state index in [1.165, 1.54) is 48.8 Å². The topological polar surface area (TPSA) is 35.2 Å². The highest BCUT2D eigenvalue weighted by Gasteiger charge is 2.27. The largest absolute Gasteiger partial charge is 0.372 e. The molecule has 0 amide bonds. The second-order valence-electron chi connectivity index (χ2n) is 6.25. The van der Waals surface area contributed by atoms with Gasteiger partial charge in [0.1, 0.15) is 0 Å². The smallest absolute Gasteiger partial charge is 0.0725 e. The fraction of sp³-hybridized carbons (Fsp3) is 0.647. The molecule has 2 heteroatoms. The molecule has 1 heterocycles. The second-order valence-corrected chi connectivity index (χ2v) is 6.25. The Hall–Kier alpha value is -0.860. The standard InChI is InChI=1S/C17H25NO/c1-2-12-4-3-5-13(8-12)17(18)14-6-7-15-10-19-11-16(15)9-14/h6-7,9,12-13,17H,2-5,8,10-11,18H2,1H3. The normalized spacial score (nSPS) is 28.1. The Labute approximate surface area is 116 Å². The highest BCUT2D eigenvalue weighted by Crippen LogP contribution is 2.38. The number of hydrogen-bond acceptors (Lipinski definition) is 2. The molecule has 0 bridgehead atoms. The molecule has 1 saturated carbocycles. The summed E-state index contributed by atoms with van der Waals surface area (Å²) in [6, 6.07) is 6.91. The second kappa shape index (κ2) is 5.64. The van der Waals surface area contributed by atoms with Crippen molar-refractivity contribution in [2.45, 2.75) is 58.3 Å². The molecule has 104 valence electrons. The predicted octanol–water partition coefficient (Wildman–Crippen LogP) is 3.93. The Kier molecular flexibility index (Phi) is 3.90. The van der Waals surface area contributed by atoms with Crippen molar-refractivity contribution < 1.29 is 4.74 Å². The summed E-state index contributed by atoms with van der Waals surface area (Å²) in [6.07, 6.45) is 6.67. The van der Waals surface area contributed by atoms with Crippen molar-refractivity contribution in [2.75, 3.05) is 0 Å². The SMILES string of the molecule is CCC1CCCC(C(N)c2ccc3c(c2)COC3)C1. The van der Waals surface area contributed by atoms with Crippen LogP contribution in [0.2, 0.25) is 0 Å². The van der Waals surface area contributed by atoms with Gasteiger partial charge in [0, 0.05) is 6.04 Å². The van der Waals surface area contributed by atoms with Crippen molar-refractivity contribution in [3.8, 4) is 0 Å². The van der Waals surface area contributed by atoms with Gasteiger partial charge in [-0.3, -0.25) is 0 Å². The summed E-state index contributed by atoms with van der Waals surface area (Å²) in [5.74, 6) is 1.56. The molecule has 2 aliphatic rings. The van der Waals surface area contributed by atoms with Crippen molar-refractivity contribution in [1.82, 2.24) is 0 Å². The van der Waals surface area contributed by atoms with Crippen molar-refractivity contribution in [1.29, 1.82) is 0 Å². The number of nitrogens with two attached hydrogens (primary N) is 1. The van der Waals surface area contributed by atoms with E-state index in [1.807, 2.05) is 0 Å². The number of hydrogen-bond donors (Lipinski definition) is 1. The van der Waals surface area contributed by atoms with Crippen molar-refractivity contribution in [3.63, 3.8) is 0 Å². The molecule has 2 N–H and O–H groups in total. The van der Waals surface area contributed by atoms with Gasteiger partial charge in [0.05, 0.1) is 13.2 Å². The first kappa shape index (κ1) is 13.1. The van der Waals surface area contributed by atoms with Gasteiger partial charge in [-0.15, -0.1) is 0 Å². The molecule has 2 nitrogen and oxygen atoms in total. The van der Waals surface area contributed by atoms with Gasteiger partial charge < -0.3 is 10.5 Å². The molecule has 0 aromatic heterocycles. The number of fused-ring (bicyclic) bond motifs is 1. The summed E-state index contributed by atoms with van der Waals surface area (Å²) in [4.78, 5) is 0. The van der Waals surface area contributed by atoms with Gasteiger partial charge in [-0.05, 0) is 41.4 Å². The van der Waals surface area contributed by atoms with Crippen LogP contribution in [-0.2, 0) is 18.0 Å². The third-order valence-corrected chi connectivity index (χ3v) is 5.04. The maximum absolute atomic E-state index is 6.54. The molecule has 1 fully saturated rings. The van der Waals surface area contributed by atoms with Crippen LogP contribution in [0.1, 0.15) is 61.8 Å². The van der Waals surface area contributed by atoms with Crippen molar-refractivity contribution in [2.24, 2.45) is 17.6 Å². The van der Waals surface area contributed by atoms with Gasteiger partial charge in [0.25, 0.3) is 0 Å². The van der Waals surface area contributed by atoms with Crippen LogP contribution in [0.25, 0.3) is 0 Å². The Morgan fingerprint density at radius 1 is 1.26 bits per heavy atom. The lowest BCUT2D eigenvalue weighted by atomic mass is 9.75. The molecule has 3 rings (SSSR count). The minimum absolute atomic E-state index is 0.209. The van der Waals surface area contributed by atoms with E-state index in [1.54, 1.807) is 0 Å². The minimum Gasteiger partial charge on any atom is -0.372 e. The van der Waals surface area contributed by atoms with E-state index in [9.17, 15) is 0 Å². The van der Waals surface area contributed by atoms with Gasteiger partial charge in [-0.1, -0.05) is 44.4 Å². The van der Waals surface area contributed by atoms with Crippen molar-refractivity contribution in [3.05, 3.63) is 34.9 Å². The summed E-state index contributed by atoms with van der Waals surface area (Å²) < 4.78 is 5.49. The molecule has 0 saturated heterocycles. The number of rotatable bonds is 3. The van der Waals surface area contributed by atoms with Gasteiger partial charge in [0.15, 0.2) is 0 Å². The lowest BCUT2D eigenvalue weighted by Crippen LogP contribution is -2.27. The summed E-state index contributed by atoms with van der Waals surface area (Å²) in [6.45, 7) is 3.84. The third kappa shape index (κ3) is 2.70. The lowest BCUT2D eigenvalue weighted by molar-refractivity contribution is 0.134. The first-order chi connectivity index (χ1) is 9.28. The van der Waals surface area contributed by atoms with Crippen LogP contribution in [0, 0.1) is 11.8 Å². The highest BCUT2D eigenvalue weighted by molar-refractivity contribution is 5.34. The molecule has 1 aromatic carbocycles. The van der Waals surface area contributed by atoms with E-state index in [2.05, 4.69) is 25.1 Å². The maximum atomic E-state index is 6.54. The average Bonchev–Trinajstić information content (AvgIpc) is 2.94. The minimum atomic E-state index is 0.209. The third-order valence-electron chi connectivity index (χ3n) is 5.04. The maximum Gasteiger partial charge on any atom is 0.0725 e. The number of ether oxygens (including phenoxy) is 1. The van der Waals surface area contributed by atoms with Crippen LogP contribution in [0.3, 0.4) is 0 Å². The van der Waals surface area contributed by atoms with Gasteiger partial charge in [-0.2, -0.15) is 0 Å². The van der Waals surface area contributed by atoms with Crippen LogP contribution in [-0.4, -0.2) is 0 Å². The van der Waals surface area contributed by atoms with Crippen LogP contribution in [0.5, 0.6) is 0 Å². The monoisotopic (exact) mass is 259 g/mol. The summed E-state index contributed by atoms with van der Waals surface area (Å²) in [5, 5.41) is 0. The first-order valence-corrected chi connectivity index (χ1v) is 7.73. The van der Waals surface area contributed by atoms with Crippen LogP contribution >= 0.6 is 0 Å². The summed E-state index contributed by atoms with van der Waals surface area (Å²) in [7, 11) is 0. The van der Waals surface area contributed by atoms with E-state index >= 15 is 0 Å². The molecule has 3 unspecified atom stereocenters. The molecular formula is C17H25NO. The van der Waals surface area contributed by atoms with E-state index in [-0.39, 0.29) is 6.04 Å². The number of benzene rings is 1. The molecule has 0 spiro atoms. The van der Waals surface area contributed by atoms with Crippen molar-refractivity contribution >= 4 is 0 Å². The van der Waals surface area contributed by atoms with E-state index in [0.717, 1.165) is 19.1 Å². The van der Waals surface area contributed by atoms with E-state index in [0.29, 0.717) is 5.92 Å². The van der Waals surface area contributed by atoms with Gasteiger partial charge >= 0.3 is 0 Å². The predicted molar refractivity (Wildman–Crippen MR) is 77.6 cm³/mol. The van der Waals surface area contributed by atoms with Crippen LogP contribution < -0.4 is 5.73 Å². The van der Waals surface area contributed by atoms with E-state index in [4.69, 9.17) is 10.5 Å². The Balaban J connectivity index is 1.74. The zero-order valence-corrected chi connectivity index (χ0v) is 11.9. The molecule has 1 aliphatic heterocycles. The molecule has 3 atom stereocenters. The Bertz CT molecular complexity index is 443. The quantitative estimate of drug-likeness (QED) is 0.892. The zero-order chi connectivity index (χ0) is 13.2. The fourth-order valence-electron chi connectivity index (χ4n) is 3.70. The van der Waals surface area contributed by atoms with Crippen LogP contribution in [0.4, 0.5) is 0 Å². The van der Waals surface area contributed by atoms with Crippen LogP contribution in [0.15, 0.2) is 18.2 Å². The van der Waals surface area contributed by atoms with Gasteiger partial charge in [-0.25, -0.2) is 0 Å². The average molecular weight is 259 g/mol. The molecule has 19 heavy (non-hydrogen) atoms. The molecule has 1 aromatic rings. The molecular weight excluding hydrogens is 234 g/mol. The summed E-state index contributed by atoms with van der Waals surface area (Å²) in [5.41, 5.74) is 10.5. The lowest BCUT2D eigenvalue weighted by Gasteiger charge is -2.32. The summed E-state index contributed by atoms with van der Waals surface area (Å²) >= 11 is 0. The van der Waals surface area contributed by atoms with E-state index < -0.39 is 0 Å². The first-order valence-electron chi connectivity index (χ1n) is 7.73.